The third-order valence-corrected chi connectivity index (χ3v) is 3.40. The highest BCUT2D eigenvalue weighted by molar-refractivity contribution is 6.32. The van der Waals surface area contributed by atoms with Gasteiger partial charge in [0, 0.05) is 18.2 Å². The van der Waals surface area contributed by atoms with E-state index < -0.39 is 0 Å². The van der Waals surface area contributed by atoms with Crippen molar-refractivity contribution in [1.29, 1.82) is 0 Å². The molecule has 2 aromatic rings. The maximum absolute atomic E-state index is 13.2. The Kier molecular flexibility index (Phi) is 5.21. The number of hydrogen-bond acceptors (Lipinski definition) is 2. The van der Waals surface area contributed by atoms with E-state index in [9.17, 15) is 4.39 Å². The van der Waals surface area contributed by atoms with E-state index in [0.717, 1.165) is 11.1 Å². The monoisotopic (exact) mass is 307 g/mol. The second-order valence-electron chi connectivity index (χ2n) is 5.28. The van der Waals surface area contributed by atoms with Crippen molar-refractivity contribution in [3.63, 3.8) is 0 Å². The molecule has 2 aromatic carbocycles. The smallest absolute Gasteiger partial charge is 0.150 e. The number of ether oxygens (including phenoxy) is 1. The standard InChI is InChI=1S/C17H19ClFNO/c1-11(2)20-10-13-5-4-6-15(18)17(13)21-16-8-7-14(19)9-12(16)3/h4-9,11,20H,10H2,1-3H3. The summed E-state index contributed by atoms with van der Waals surface area (Å²) in [5, 5.41) is 3.88. The molecule has 1 N–H and O–H groups in total. The van der Waals surface area contributed by atoms with Gasteiger partial charge >= 0.3 is 0 Å². The molecule has 0 radical (unpaired) electrons. The predicted molar refractivity (Wildman–Crippen MR) is 84.6 cm³/mol. The molecule has 0 spiro atoms. The zero-order valence-electron chi connectivity index (χ0n) is 12.4. The van der Waals surface area contributed by atoms with Gasteiger partial charge in [0.2, 0.25) is 0 Å². The molecule has 0 aliphatic heterocycles. The predicted octanol–water partition coefficient (Wildman–Crippen LogP) is 5.08. The maximum atomic E-state index is 13.2. The van der Waals surface area contributed by atoms with E-state index in [1.807, 2.05) is 12.1 Å². The SMILES string of the molecule is Cc1cc(F)ccc1Oc1c(Cl)cccc1CNC(C)C. The Morgan fingerprint density at radius 3 is 2.67 bits per heavy atom. The van der Waals surface area contributed by atoms with Gasteiger partial charge in [0.1, 0.15) is 11.6 Å². The summed E-state index contributed by atoms with van der Waals surface area (Å²) in [6, 6.07) is 10.5. The molecule has 0 saturated carbocycles. The van der Waals surface area contributed by atoms with Crippen LogP contribution < -0.4 is 10.1 Å². The number of para-hydroxylation sites is 1. The summed E-state index contributed by atoms with van der Waals surface area (Å²) in [4.78, 5) is 0. The summed E-state index contributed by atoms with van der Waals surface area (Å²) in [5.74, 6) is 0.943. The normalized spacial score (nSPS) is 11.0. The van der Waals surface area contributed by atoms with Gasteiger partial charge in [-0.1, -0.05) is 37.6 Å². The number of aryl methyl sites for hydroxylation is 1. The van der Waals surface area contributed by atoms with Crippen LogP contribution in [0.15, 0.2) is 36.4 Å². The fraction of sp³-hybridized carbons (Fsp3) is 0.294. The van der Waals surface area contributed by atoms with Crippen molar-refractivity contribution in [3.05, 3.63) is 58.4 Å². The lowest BCUT2D eigenvalue weighted by atomic mass is 10.1. The maximum Gasteiger partial charge on any atom is 0.150 e. The highest BCUT2D eigenvalue weighted by Gasteiger charge is 2.11. The zero-order valence-corrected chi connectivity index (χ0v) is 13.2. The third-order valence-electron chi connectivity index (χ3n) is 3.10. The van der Waals surface area contributed by atoms with Crippen LogP contribution in [0.5, 0.6) is 11.5 Å². The summed E-state index contributed by atoms with van der Waals surface area (Å²) in [6.07, 6.45) is 0. The van der Waals surface area contributed by atoms with Crippen molar-refractivity contribution in [2.75, 3.05) is 0 Å². The topological polar surface area (TPSA) is 21.3 Å². The fourth-order valence-corrected chi connectivity index (χ4v) is 2.19. The Balaban J connectivity index is 2.29. The first-order valence-corrected chi connectivity index (χ1v) is 7.30. The summed E-state index contributed by atoms with van der Waals surface area (Å²) in [6.45, 7) is 6.62. The Morgan fingerprint density at radius 2 is 2.00 bits per heavy atom. The van der Waals surface area contributed by atoms with Crippen LogP contribution in [0.1, 0.15) is 25.0 Å². The van der Waals surface area contributed by atoms with E-state index in [4.69, 9.17) is 16.3 Å². The third kappa shape index (κ3) is 4.19. The molecule has 0 bridgehead atoms. The second kappa shape index (κ2) is 6.92. The average molecular weight is 308 g/mol. The minimum Gasteiger partial charge on any atom is -0.455 e. The average Bonchev–Trinajstić information content (AvgIpc) is 2.42. The number of halogens is 2. The molecule has 0 aromatic heterocycles. The van der Waals surface area contributed by atoms with Gasteiger partial charge in [0.05, 0.1) is 5.02 Å². The molecule has 0 aliphatic carbocycles. The van der Waals surface area contributed by atoms with Crippen LogP contribution in [0.25, 0.3) is 0 Å². The molecule has 0 heterocycles. The fourth-order valence-electron chi connectivity index (χ4n) is 1.96. The van der Waals surface area contributed by atoms with Gasteiger partial charge in [0.15, 0.2) is 5.75 Å². The van der Waals surface area contributed by atoms with Gasteiger partial charge in [-0.2, -0.15) is 0 Å². The van der Waals surface area contributed by atoms with Gasteiger partial charge < -0.3 is 10.1 Å². The molecule has 4 heteroatoms. The summed E-state index contributed by atoms with van der Waals surface area (Å²) in [5.41, 5.74) is 1.71. The second-order valence-corrected chi connectivity index (χ2v) is 5.68. The molecule has 0 saturated heterocycles. The van der Waals surface area contributed by atoms with E-state index in [1.165, 1.54) is 12.1 Å². The molecule has 112 valence electrons. The molecule has 2 rings (SSSR count). The molecule has 0 aliphatic rings. The molecule has 0 amide bonds. The van der Waals surface area contributed by atoms with Gasteiger partial charge in [-0.05, 0) is 36.8 Å². The first-order chi connectivity index (χ1) is 9.97. The van der Waals surface area contributed by atoms with Crippen molar-refractivity contribution in [2.24, 2.45) is 0 Å². The van der Waals surface area contributed by atoms with Crippen LogP contribution in [0.2, 0.25) is 5.02 Å². The van der Waals surface area contributed by atoms with Crippen molar-refractivity contribution in [2.45, 2.75) is 33.4 Å². The number of benzene rings is 2. The minimum atomic E-state index is -0.277. The highest BCUT2D eigenvalue weighted by atomic mass is 35.5. The molecule has 21 heavy (non-hydrogen) atoms. The van der Waals surface area contributed by atoms with E-state index in [1.54, 1.807) is 19.1 Å². The Hall–Kier alpha value is -1.58. The zero-order chi connectivity index (χ0) is 15.4. The summed E-state index contributed by atoms with van der Waals surface area (Å²) in [7, 11) is 0. The Bertz CT molecular complexity index is 628. The molecule has 2 nitrogen and oxygen atoms in total. The van der Waals surface area contributed by atoms with Gasteiger partial charge in [-0.15, -0.1) is 0 Å². The highest BCUT2D eigenvalue weighted by Crippen LogP contribution is 2.34. The van der Waals surface area contributed by atoms with Crippen molar-refractivity contribution >= 4 is 11.6 Å². The number of nitrogens with one attached hydrogen (secondary N) is 1. The summed E-state index contributed by atoms with van der Waals surface area (Å²) >= 11 is 6.25. The van der Waals surface area contributed by atoms with Crippen molar-refractivity contribution in [1.82, 2.24) is 5.32 Å². The Morgan fingerprint density at radius 1 is 1.24 bits per heavy atom. The van der Waals surface area contributed by atoms with Gasteiger partial charge in [0.25, 0.3) is 0 Å². The lowest BCUT2D eigenvalue weighted by molar-refractivity contribution is 0.464. The van der Waals surface area contributed by atoms with Gasteiger partial charge in [-0.3, -0.25) is 0 Å². The van der Waals surface area contributed by atoms with E-state index in [2.05, 4.69) is 19.2 Å². The summed E-state index contributed by atoms with van der Waals surface area (Å²) < 4.78 is 19.1. The van der Waals surface area contributed by atoms with E-state index >= 15 is 0 Å². The number of rotatable bonds is 5. The largest absolute Gasteiger partial charge is 0.455 e. The van der Waals surface area contributed by atoms with E-state index in [-0.39, 0.29) is 5.82 Å². The van der Waals surface area contributed by atoms with Crippen LogP contribution >= 0.6 is 11.6 Å². The molecular formula is C17H19ClFNO. The first kappa shape index (κ1) is 15.8. The van der Waals surface area contributed by atoms with Crippen molar-refractivity contribution in [3.8, 4) is 11.5 Å². The van der Waals surface area contributed by atoms with Crippen LogP contribution in [-0.4, -0.2) is 6.04 Å². The van der Waals surface area contributed by atoms with Crippen molar-refractivity contribution < 1.29 is 9.13 Å². The minimum absolute atomic E-state index is 0.277. The molecular weight excluding hydrogens is 289 g/mol. The quantitative estimate of drug-likeness (QED) is 0.832. The van der Waals surface area contributed by atoms with Gasteiger partial charge in [-0.25, -0.2) is 4.39 Å². The molecule has 0 atom stereocenters. The Labute approximate surface area is 129 Å². The first-order valence-electron chi connectivity index (χ1n) is 6.92. The van der Waals surface area contributed by atoms with Crippen LogP contribution in [0.3, 0.4) is 0 Å². The number of hydrogen-bond donors (Lipinski definition) is 1. The lowest BCUT2D eigenvalue weighted by Gasteiger charge is -2.16. The molecule has 0 fully saturated rings. The van der Waals surface area contributed by atoms with Crippen LogP contribution in [0.4, 0.5) is 4.39 Å². The van der Waals surface area contributed by atoms with E-state index in [0.29, 0.717) is 29.1 Å². The molecule has 0 unspecified atom stereocenters. The lowest BCUT2D eigenvalue weighted by Crippen LogP contribution is -2.22. The van der Waals surface area contributed by atoms with Crippen LogP contribution in [-0.2, 0) is 6.54 Å². The van der Waals surface area contributed by atoms with Crippen LogP contribution in [0, 0.1) is 12.7 Å².